The van der Waals surface area contributed by atoms with Gasteiger partial charge in [0.2, 0.25) is 0 Å². The molecule has 0 heterocycles. The highest BCUT2D eigenvalue weighted by molar-refractivity contribution is 5.21. The van der Waals surface area contributed by atoms with Crippen LogP contribution < -0.4 is 0 Å². The number of rotatable bonds is 3. The molecule has 0 saturated carbocycles. The van der Waals surface area contributed by atoms with E-state index in [1.54, 1.807) is 0 Å². The normalized spacial score (nSPS) is 14.0. The minimum atomic E-state index is 0.212. The van der Waals surface area contributed by atoms with Gasteiger partial charge in [0.15, 0.2) is 0 Å². The van der Waals surface area contributed by atoms with Crippen LogP contribution in [0.4, 0.5) is 0 Å². The first kappa shape index (κ1) is 11.3. The van der Waals surface area contributed by atoms with Gasteiger partial charge in [0.1, 0.15) is 0 Å². The van der Waals surface area contributed by atoms with Gasteiger partial charge in [0.25, 0.3) is 0 Å². The zero-order valence-electron chi connectivity index (χ0n) is 9.33. The summed E-state index contributed by atoms with van der Waals surface area (Å²) < 4.78 is 0. The monoisotopic (exact) mass is 192 g/mol. The topological polar surface area (TPSA) is 20.2 Å². The van der Waals surface area contributed by atoms with Gasteiger partial charge in [0, 0.05) is 6.61 Å². The summed E-state index contributed by atoms with van der Waals surface area (Å²) >= 11 is 0. The molecular weight excluding hydrogens is 172 g/mol. The van der Waals surface area contributed by atoms with Crippen molar-refractivity contribution < 1.29 is 5.11 Å². The molecule has 1 aromatic carbocycles. The van der Waals surface area contributed by atoms with E-state index in [0.29, 0.717) is 5.92 Å². The molecule has 0 aliphatic rings. The van der Waals surface area contributed by atoms with E-state index < -0.39 is 0 Å². The molecule has 1 heteroatoms. The maximum Gasteiger partial charge on any atom is 0.0437 e. The Bertz CT molecular complexity index is 258. The summed E-state index contributed by atoms with van der Waals surface area (Å²) in [6.07, 6.45) is 0.841. The first-order valence-corrected chi connectivity index (χ1v) is 5.21. The maximum absolute atomic E-state index is 9.06. The van der Waals surface area contributed by atoms with E-state index >= 15 is 0 Å². The average Bonchev–Trinajstić information content (AvgIpc) is 2.14. The Labute approximate surface area is 86.8 Å². The Kier molecular flexibility index (Phi) is 3.70. The van der Waals surface area contributed by atoms with Crippen molar-refractivity contribution in [1.82, 2.24) is 0 Å². The molecule has 1 aromatic rings. The number of aliphatic hydroxyl groups is 1. The molecule has 1 rings (SSSR count). The SMILES string of the molecule is CC(C)(C)[C@H](CCO)c1ccccc1. The minimum absolute atomic E-state index is 0.212. The fraction of sp³-hybridized carbons (Fsp3) is 0.538. The Morgan fingerprint density at radius 1 is 1.14 bits per heavy atom. The lowest BCUT2D eigenvalue weighted by Crippen LogP contribution is -2.19. The summed E-state index contributed by atoms with van der Waals surface area (Å²) in [6, 6.07) is 10.4. The summed E-state index contributed by atoms with van der Waals surface area (Å²) in [5.41, 5.74) is 1.54. The van der Waals surface area contributed by atoms with Gasteiger partial charge in [-0.05, 0) is 23.3 Å². The molecule has 14 heavy (non-hydrogen) atoms. The highest BCUT2D eigenvalue weighted by Gasteiger charge is 2.25. The second-order valence-corrected chi connectivity index (χ2v) is 4.84. The summed E-state index contributed by atoms with van der Waals surface area (Å²) in [5.74, 6) is 0.439. The third-order valence-corrected chi connectivity index (χ3v) is 2.67. The number of hydrogen-bond acceptors (Lipinski definition) is 1. The van der Waals surface area contributed by atoms with Crippen molar-refractivity contribution in [3.05, 3.63) is 35.9 Å². The van der Waals surface area contributed by atoms with Crippen molar-refractivity contribution in [3.63, 3.8) is 0 Å². The predicted molar refractivity (Wildman–Crippen MR) is 60.3 cm³/mol. The van der Waals surface area contributed by atoms with Crippen LogP contribution in [0.3, 0.4) is 0 Å². The van der Waals surface area contributed by atoms with Crippen LogP contribution in [0.25, 0.3) is 0 Å². The van der Waals surface area contributed by atoms with Crippen molar-refractivity contribution in [1.29, 1.82) is 0 Å². The lowest BCUT2D eigenvalue weighted by molar-refractivity contribution is 0.223. The summed E-state index contributed by atoms with van der Waals surface area (Å²) in [7, 11) is 0. The zero-order valence-corrected chi connectivity index (χ0v) is 9.33. The molecule has 0 amide bonds. The quantitative estimate of drug-likeness (QED) is 0.779. The van der Waals surface area contributed by atoms with Crippen LogP contribution in [0.15, 0.2) is 30.3 Å². The molecule has 0 spiro atoms. The van der Waals surface area contributed by atoms with Gasteiger partial charge in [-0.2, -0.15) is 0 Å². The van der Waals surface area contributed by atoms with Gasteiger partial charge in [-0.25, -0.2) is 0 Å². The highest BCUT2D eigenvalue weighted by Crippen LogP contribution is 2.37. The lowest BCUT2D eigenvalue weighted by Gasteiger charge is -2.30. The van der Waals surface area contributed by atoms with Gasteiger partial charge in [-0.15, -0.1) is 0 Å². The summed E-state index contributed by atoms with van der Waals surface area (Å²) in [6.45, 7) is 6.93. The lowest BCUT2D eigenvalue weighted by atomic mass is 9.75. The van der Waals surface area contributed by atoms with E-state index in [2.05, 4.69) is 45.0 Å². The molecular formula is C13H20O. The fourth-order valence-electron chi connectivity index (χ4n) is 1.91. The van der Waals surface area contributed by atoms with Crippen LogP contribution in [0.5, 0.6) is 0 Å². The molecule has 0 saturated heterocycles. The van der Waals surface area contributed by atoms with Crippen LogP contribution in [-0.4, -0.2) is 11.7 Å². The smallest absolute Gasteiger partial charge is 0.0437 e. The maximum atomic E-state index is 9.06. The molecule has 1 N–H and O–H groups in total. The fourth-order valence-corrected chi connectivity index (χ4v) is 1.91. The van der Waals surface area contributed by atoms with Crippen LogP contribution in [0.2, 0.25) is 0 Å². The Balaban J connectivity index is 2.89. The van der Waals surface area contributed by atoms with Gasteiger partial charge in [-0.1, -0.05) is 51.1 Å². The molecule has 0 unspecified atom stereocenters. The van der Waals surface area contributed by atoms with E-state index in [1.165, 1.54) is 5.56 Å². The highest BCUT2D eigenvalue weighted by atomic mass is 16.3. The van der Waals surface area contributed by atoms with Crippen LogP contribution in [-0.2, 0) is 0 Å². The van der Waals surface area contributed by atoms with E-state index in [9.17, 15) is 0 Å². The third-order valence-electron chi connectivity index (χ3n) is 2.67. The van der Waals surface area contributed by atoms with Crippen molar-refractivity contribution in [2.75, 3.05) is 6.61 Å². The van der Waals surface area contributed by atoms with E-state index in [1.807, 2.05) is 6.07 Å². The molecule has 0 aromatic heterocycles. The van der Waals surface area contributed by atoms with Crippen LogP contribution >= 0.6 is 0 Å². The Hall–Kier alpha value is -0.820. The van der Waals surface area contributed by atoms with Crippen LogP contribution in [0.1, 0.15) is 38.7 Å². The van der Waals surface area contributed by atoms with Crippen molar-refractivity contribution >= 4 is 0 Å². The van der Waals surface area contributed by atoms with Crippen molar-refractivity contribution in [2.24, 2.45) is 5.41 Å². The van der Waals surface area contributed by atoms with Gasteiger partial charge in [-0.3, -0.25) is 0 Å². The third kappa shape index (κ3) is 2.85. The summed E-state index contributed by atoms with van der Waals surface area (Å²) in [4.78, 5) is 0. The molecule has 0 radical (unpaired) electrons. The molecule has 1 atom stereocenters. The Morgan fingerprint density at radius 3 is 2.14 bits per heavy atom. The molecule has 0 aliphatic carbocycles. The first-order valence-electron chi connectivity index (χ1n) is 5.21. The number of benzene rings is 1. The molecule has 0 bridgehead atoms. The van der Waals surface area contributed by atoms with E-state index in [4.69, 9.17) is 5.11 Å². The van der Waals surface area contributed by atoms with Gasteiger partial charge >= 0.3 is 0 Å². The number of aliphatic hydroxyl groups excluding tert-OH is 1. The molecule has 0 aliphatic heterocycles. The van der Waals surface area contributed by atoms with Gasteiger partial charge < -0.3 is 5.11 Å². The van der Waals surface area contributed by atoms with Crippen molar-refractivity contribution in [3.8, 4) is 0 Å². The van der Waals surface area contributed by atoms with E-state index in [-0.39, 0.29) is 12.0 Å². The van der Waals surface area contributed by atoms with E-state index in [0.717, 1.165) is 6.42 Å². The van der Waals surface area contributed by atoms with Crippen molar-refractivity contribution in [2.45, 2.75) is 33.1 Å². The minimum Gasteiger partial charge on any atom is -0.396 e. The largest absolute Gasteiger partial charge is 0.396 e. The molecule has 78 valence electrons. The number of hydrogen-bond donors (Lipinski definition) is 1. The average molecular weight is 192 g/mol. The first-order chi connectivity index (χ1) is 6.55. The second-order valence-electron chi connectivity index (χ2n) is 4.84. The zero-order chi connectivity index (χ0) is 10.6. The van der Waals surface area contributed by atoms with Gasteiger partial charge in [0.05, 0.1) is 0 Å². The second kappa shape index (κ2) is 4.61. The Morgan fingerprint density at radius 2 is 1.71 bits per heavy atom. The molecule has 1 nitrogen and oxygen atoms in total. The molecule has 0 fully saturated rings. The standard InChI is InChI=1S/C13H20O/c1-13(2,3)12(9-10-14)11-7-5-4-6-8-11/h4-8,12,14H,9-10H2,1-3H3/t12-/m1/s1. The van der Waals surface area contributed by atoms with Crippen LogP contribution in [0, 0.1) is 5.41 Å². The predicted octanol–water partition coefficient (Wildman–Crippen LogP) is 3.20. The summed E-state index contributed by atoms with van der Waals surface area (Å²) in [5, 5.41) is 9.06.